The van der Waals surface area contributed by atoms with Crippen molar-refractivity contribution in [2.45, 2.75) is 13.8 Å². The lowest BCUT2D eigenvalue weighted by Crippen LogP contribution is -2.13. The fraction of sp³-hybridized carbons (Fsp3) is 0.133. The van der Waals surface area contributed by atoms with Crippen molar-refractivity contribution in [2.75, 3.05) is 11.1 Å². The van der Waals surface area contributed by atoms with E-state index in [2.05, 4.69) is 21.2 Å². The number of aryl methyl sites for hydroxylation is 2. The normalized spacial score (nSPS) is 10.3. The monoisotopic (exact) mass is 318 g/mol. The molecule has 0 aliphatic carbocycles. The molecule has 2 aromatic rings. The summed E-state index contributed by atoms with van der Waals surface area (Å²) in [6, 6.07) is 11.1. The van der Waals surface area contributed by atoms with E-state index in [-0.39, 0.29) is 5.91 Å². The predicted octanol–water partition coefficient (Wildman–Crippen LogP) is 3.90. The van der Waals surface area contributed by atoms with Crippen molar-refractivity contribution < 1.29 is 4.79 Å². The summed E-state index contributed by atoms with van der Waals surface area (Å²) in [4.78, 5) is 12.3. The number of nitrogen functional groups attached to an aromatic ring is 1. The van der Waals surface area contributed by atoms with Gasteiger partial charge in [-0.05, 0) is 59.6 Å². The molecule has 3 N–H and O–H groups in total. The Kier molecular flexibility index (Phi) is 3.90. The number of nitrogens with one attached hydrogen (secondary N) is 1. The van der Waals surface area contributed by atoms with Gasteiger partial charge in [0.1, 0.15) is 0 Å². The van der Waals surface area contributed by atoms with E-state index in [1.165, 1.54) is 0 Å². The molecule has 98 valence electrons. The zero-order valence-corrected chi connectivity index (χ0v) is 12.4. The molecule has 0 spiro atoms. The maximum atomic E-state index is 12.3. The van der Waals surface area contributed by atoms with E-state index in [1.807, 2.05) is 44.2 Å². The molecule has 0 radical (unpaired) electrons. The summed E-state index contributed by atoms with van der Waals surface area (Å²) < 4.78 is 0.775. The number of carbonyl (C=O) groups is 1. The van der Waals surface area contributed by atoms with Crippen LogP contribution in [-0.4, -0.2) is 5.91 Å². The molecule has 19 heavy (non-hydrogen) atoms. The second kappa shape index (κ2) is 5.45. The number of rotatable bonds is 2. The van der Waals surface area contributed by atoms with Gasteiger partial charge in [-0.2, -0.15) is 0 Å². The van der Waals surface area contributed by atoms with Gasteiger partial charge in [0.05, 0.1) is 5.56 Å². The van der Waals surface area contributed by atoms with Gasteiger partial charge in [-0.25, -0.2) is 0 Å². The minimum absolute atomic E-state index is 0.149. The highest BCUT2D eigenvalue weighted by atomic mass is 79.9. The first-order valence-corrected chi connectivity index (χ1v) is 6.70. The molecule has 1 amide bonds. The summed E-state index contributed by atoms with van der Waals surface area (Å²) in [6.07, 6.45) is 0. The largest absolute Gasteiger partial charge is 0.399 e. The maximum Gasteiger partial charge on any atom is 0.256 e. The average molecular weight is 319 g/mol. The second-order valence-electron chi connectivity index (χ2n) is 4.51. The van der Waals surface area contributed by atoms with Crippen LogP contribution in [0.4, 0.5) is 11.4 Å². The summed E-state index contributed by atoms with van der Waals surface area (Å²) in [7, 11) is 0. The van der Waals surface area contributed by atoms with E-state index in [9.17, 15) is 4.79 Å². The van der Waals surface area contributed by atoms with Crippen LogP contribution in [0.1, 0.15) is 21.5 Å². The number of carbonyl (C=O) groups excluding carboxylic acids is 1. The highest BCUT2D eigenvalue weighted by molar-refractivity contribution is 9.10. The third kappa shape index (κ3) is 3.15. The maximum absolute atomic E-state index is 12.3. The predicted molar refractivity (Wildman–Crippen MR) is 82.4 cm³/mol. The van der Waals surface area contributed by atoms with Crippen molar-refractivity contribution in [3.8, 4) is 0 Å². The number of halogens is 1. The molecule has 0 aliphatic heterocycles. The van der Waals surface area contributed by atoms with Gasteiger partial charge in [-0.15, -0.1) is 0 Å². The molecule has 0 aliphatic rings. The number of hydrogen-bond donors (Lipinski definition) is 2. The zero-order valence-electron chi connectivity index (χ0n) is 10.8. The lowest BCUT2D eigenvalue weighted by atomic mass is 10.1. The van der Waals surface area contributed by atoms with E-state index < -0.39 is 0 Å². The first kappa shape index (κ1) is 13.6. The molecule has 0 bridgehead atoms. The highest BCUT2D eigenvalue weighted by Gasteiger charge is 2.11. The molecule has 0 unspecified atom stereocenters. The lowest BCUT2D eigenvalue weighted by Gasteiger charge is -2.10. The molecule has 0 fully saturated rings. The molecule has 4 heteroatoms. The zero-order chi connectivity index (χ0) is 14.0. The second-order valence-corrected chi connectivity index (χ2v) is 5.37. The SMILES string of the molecule is Cc1ccc(Br)c(C(=O)Nc2cc(N)ccc2C)c1. The summed E-state index contributed by atoms with van der Waals surface area (Å²) in [5.41, 5.74) is 9.73. The van der Waals surface area contributed by atoms with Gasteiger partial charge in [-0.3, -0.25) is 4.79 Å². The standard InChI is InChI=1S/C15H15BrN2O/c1-9-3-6-13(16)12(7-9)15(19)18-14-8-11(17)5-4-10(14)2/h3-8H,17H2,1-2H3,(H,18,19). The van der Waals surface area contributed by atoms with Crippen LogP contribution in [0, 0.1) is 13.8 Å². The first-order chi connectivity index (χ1) is 8.97. The lowest BCUT2D eigenvalue weighted by molar-refractivity contribution is 0.102. The van der Waals surface area contributed by atoms with Gasteiger partial charge < -0.3 is 11.1 Å². The van der Waals surface area contributed by atoms with Gasteiger partial charge in [0.25, 0.3) is 5.91 Å². The van der Waals surface area contributed by atoms with Crippen LogP contribution in [0.25, 0.3) is 0 Å². The third-order valence-electron chi connectivity index (χ3n) is 2.88. The average Bonchev–Trinajstić information content (AvgIpc) is 2.36. The van der Waals surface area contributed by atoms with E-state index in [0.29, 0.717) is 11.3 Å². The molecule has 0 aromatic heterocycles. The number of benzene rings is 2. The minimum atomic E-state index is -0.149. The number of anilines is 2. The molecule has 2 aromatic carbocycles. The van der Waals surface area contributed by atoms with Crippen LogP contribution < -0.4 is 11.1 Å². The summed E-state index contributed by atoms with van der Waals surface area (Å²) in [5.74, 6) is -0.149. The van der Waals surface area contributed by atoms with Gasteiger partial charge in [0.15, 0.2) is 0 Å². The van der Waals surface area contributed by atoms with E-state index in [4.69, 9.17) is 5.73 Å². The van der Waals surface area contributed by atoms with Crippen LogP contribution in [0.5, 0.6) is 0 Å². The van der Waals surface area contributed by atoms with Crippen LogP contribution in [0.15, 0.2) is 40.9 Å². The van der Waals surface area contributed by atoms with E-state index in [1.54, 1.807) is 6.07 Å². The fourth-order valence-electron chi connectivity index (χ4n) is 1.78. The number of hydrogen-bond acceptors (Lipinski definition) is 2. The van der Waals surface area contributed by atoms with Gasteiger partial charge >= 0.3 is 0 Å². The Morgan fingerprint density at radius 2 is 1.89 bits per heavy atom. The Morgan fingerprint density at radius 1 is 1.16 bits per heavy atom. The number of amides is 1. The molecule has 0 saturated heterocycles. The first-order valence-electron chi connectivity index (χ1n) is 5.91. The highest BCUT2D eigenvalue weighted by Crippen LogP contribution is 2.22. The Morgan fingerprint density at radius 3 is 2.63 bits per heavy atom. The van der Waals surface area contributed by atoms with E-state index in [0.717, 1.165) is 21.3 Å². The molecule has 0 atom stereocenters. The van der Waals surface area contributed by atoms with Crippen LogP contribution in [-0.2, 0) is 0 Å². The van der Waals surface area contributed by atoms with Crippen molar-refractivity contribution >= 4 is 33.2 Å². The van der Waals surface area contributed by atoms with Gasteiger partial charge in [0, 0.05) is 15.8 Å². The van der Waals surface area contributed by atoms with Gasteiger partial charge in [-0.1, -0.05) is 17.7 Å². The van der Waals surface area contributed by atoms with Crippen molar-refractivity contribution in [1.82, 2.24) is 0 Å². The van der Waals surface area contributed by atoms with Crippen molar-refractivity contribution in [2.24, 2.45) is 0 Å². The van der Waals surface area contributed by atoms with Gasteiger partial charge in [0.2, 0.25) is 0 Å². The molecular weight excluding hydrogens is 304 g/mol. The van der Waals surface area contributed by atoms with Crippen molar-refractivity contribution in [3.05, 3.63) is 57.6 Å². The van der Waals surface area contributed by atoms with Crippen molar-refractivity contribution in [3.63, 3.8) is 0 Å². The van der Waals surface area contributed by atoms with Crippen LogP contribution >= 0.6 is 15.9 Å². The Balaban J connectivity index is 2.30. The van der Waals surface area contributed by atoms with Crippen molar-refractivity contribution in [1.29, 1.82) is 0 Å². The fourth-order valence-corrected chi connectivity index (χ4v) is 2.20. The Hall–Kier alpha value is -1.81. The molecular formula is C15H15BrN2O. The summed E-state index contributed by atoms with van der Waals surface area (Å²) in [5, 5.41) is 2.89. The summed E-state index contributed by atoms with van der Waals surface area (Å²) >= 11 is 3.39. The van der Waals surface area contributed by atoms with E-state index >= 15 is 0 Å². The molecule has 2 rings (SSSR count). The third-order valence-corrected chi connectivity index (χ3v) is 3.57. The Bertz CT molecular complexity index is 638. The quantitative estimate of drug-likeness (QED) is 0.825. The smallest absolute Gasteiger partial charge is 0.256 e. The molecule has 0 saturated carbocycles. The topological polar surface area (TPSA) is 55.1 Å². The minimum Gasteiger partial charge on any atom is -0.399 e. The van der Waals surface area contributed by atoms with Crippen LogP contribution in [0.3, 0.4) is 0 Å². The molecule has 3 nitrogen and oxygen atoms in total. The van der Waals surface area contributed by atoms with Crippen LogP contribution in [0.2, 0.25) is 0 Å². The Labute approximate surface area is 121 Å². The number of nitrogens with two attached hydrogens (primary N) is 1. The molecule has 0 heterocycles. The summed E-state index contributed by atoms with van der Waals surface area (Å²) in [6.45, 7) is 3.88.